The van der Waals surface area contributed by atoms with E-state index in [4.69, 9.17) is 23.7 Å². The number of carbonyl (C=O) groups is 2. The van der Waals surface area contributed by atoms with Gasteiger partial charge < -0.3 is 33.5 Å². The molecule has 0 saturated carbocycles. The molecular formula is C28H36N2O7. The van der Waals surface area contributed by atoms with E-state index in [1.54, 1.807) is 28.2 Å². The first kappa shape index (κ1) is 26.9. The van der Waals surface area contributed by atoms with Crippen LogP contribution in [0.2, 0.25) is 0 Å². The van der Waals surface area contributed by atoms with Crippen LogP contribution in [0, 0.1) is 0 Å². The summed E-state index contributed by atoms with van der Waals surface area (Å²) in [6.45, 7) is 1.99. The Labute approximate surface area is 218 Å². The fourth-order valence-corrected chi connectivity index (χ4v) is 3.90. The van der Waals surface area contributed by atoms with Gasteiger partial charge in [0.1, 0.15) is 24.4 Å². The van der Waals surface area contributed by atoms with Gasteiger partial charge in [0, 0.05) is 41.0 Å². The number of rotatable bonds is 12. The van der Waals surface area contributed by atoms with Crippen molar-refractivity contribution in [1.82, 2.24) is 9.80 Å². The molecule has 2 amide bonds. The Bertz CT molecular complexity index is 948. The van der Waals surface area contributed by atoms with Crippen molar-refractivity contribution >= 4 is 12.2 Å². The van der Waals surface area contributed by atoms with E-state index in [2.05, 4.69) is 24.3 Å². The third-order valence-corrected chi connectivity index (χ3v) is 6.27. The van der Waals surface area contributed by atoms with E-state index in [0.717, 1.165) is 22.3 Å². The highest BCUT2D eigenvalue weighted by atomic mass is 16.6. The van der Waals surface area contributed by atoms with Gasteiger partial charge in [-0.05, 0) is 22.3 Å². The van der Waals surface area contributed by atoms with Crippen LogP contribution in [-0.2, 0) is 36.5 Å². The molecule has 0 aromatic heterocycles. The molecule has 2 aliphatic heterocycles. The summed E-state index contributed by atoms with van der Waals surface area (Å²) in [5.74, 6) is 0. The monoisotopic (exact) mass is 512 g/mol. The molecule has 2 aliphatic rings. The molecule has 4 rings (SSSR count). The van der Waals surface area contributed by atoms with Gasteiger partial charge in [0.15, 0.2) is 0 Å². The third kappa shape index (κ3) is 7.92. The molecule has 9 nitrogen and oxygen atoms in total. The molecule has 2 saturated heterocycles. The maximum Gasteiger partial charge on any atom is 0.409 e. The van der Waals surface area contributed by atoms with Crippen LogP contribution in [0.5, 0.6) is 0 Å². The zero-order valence-corrected chi connectivity index (χ0v) is 21.9. The molecule has 0 aliphatic carbocycles. The summed E-state index contributed by atoms with van der Waals surface area (Å²) in [5, 5.41) is 0. The lowest BCUT2D eigenvalue weighted by molar-refractivity contribution is -0.0419. The summed E-state index contributed by atoms with van der Waals surface area (Å²) in [5.41, 5.74) is 4.25. The summed E-state index contributed by atoms with van der Waals surface area (Å²) in [6, 6.07) is 16.4. The van der Waals surface area contributed by atoms with E-state index in [1.807, 2.05) is 24.3 Å². The topological polar surface area (TPSA) is 93.4 Å². The molecule has 2 heterocycles. The van der Waals surface area contributed by atoms with Crippen LogP contribution in [0.25, 0.3) is 0 Å². The van der Waals surface area contributed by atoms with E-state index in [0.29, 0.717) is 39.3 Å². The number of hydrogen-bond acceptors (Lipinski definition) is 7. The van der Waals surface area contributed by atoms with Crippen LogP contribution in [0.3, 0.4) is 0 Å². The lowest BCUT2D eigenvalue weighted by atomic mass is 10.0. The lowest BCUT2D eigenvalue weighted by Crippen LogP contribution is -2.23. The summed E-state index contributed by atoms with van der Waals surface area (Å²) >= 11 is 0. The Morgan fingerprint density at radius 3 is 1.38 bits per heavy atom. The Hall–Kier alpha value is -3.14. The van der Waals surface area contributed by atoms with Crippen LogP contribution in [0.15, 0.2) is 48.5 Å². The minimum atomic E-state index is -0.343. The maximum absolute atomic E-state index is 11.6. The van der Waals surface area contributed by atoms with Gasteiger partial charge >= 0.3 is 12.2 Å². The smallest absolute Gasteiger partial charge is 0.409 e. The third-order valence-electron chi connectivity index (χ3n) is 6.27. The van der Waals surface area contributed by atoms with E-state index < -0.39 is 0 Å². The van der Waals surface area contributed by atoms with Gasteiger partial charge in [0.25, 0.3) is 0 Å². The molecule has 9 heteroatoms. The number of hydrogen-bond donors (Lipinski definition) is 0. The molecule has 37 heavy (non-hydrogen) atoms. The minimum Gasteiger partial charge on any atom is -0.449 e. The van der Waals surface area contributed by atoms with Crippen LogP contribution >= 0.6 is 0 Å². The van der Waals surface area contributed by atoms with Gasteiger partial charge in [-0.1, -0.05) is 48.5 Å². The predicted octanol–water partition coefficient (Wildman–Crippen LogP) is 3.76. The van der Waals surface area contributed by atoms with Crippen molar-refractivity contribution in [3.05, 3.63) is 70.8 Å². The van der Waals surface area contributed by atoms with Crippen LogP contribution in [0.1, 0.15) is 34.5 Å². The van der Waals surface area contributed by atoms with Crippen LogP contribution in [0.4, 0.5) is 9.59 Å². The van der Waals surface area contributed by atoms with E-state index in [-0.39, 0.29) is 36.6 Å². The zero-order valence-electron chi connectivity index (χ0n) is 21.9. The molecule has 4 unspecified atom stereocenters. The largest absolute Gasteiger partial charge is 0.449 e. The minimum absolute atomic E-state index is 0.0128. The molecule has 2 fully saturated rings. The van der Waals surface area contributed by atoms with Gasteiger partial charge in [-0.25, -0.2) is 9.59 Å². The summed E-state index contributed by atoms with van der Waals surface area (Å²) < 4.78 is 28.3. The standard InChI is InChI=1S/C28H36N2O7/c1-29(2)27(31)33-15-13-19-5-9-21(10-6-19)25(23-17-35-23)37-26(24-18-36-24)22-11-7-20(8-12-22)14-16-34-28(32)30(3)4/h5-12,23-26H,13-18H2,1-4H3. The highest BCUT2D eigenvalue weighted by molar-refractivity contribution is 5.67. The van der Waals surface area contributed by atoms with Gasteiger partial charge in [-0.2, -0.15) is 0 Å². The number of ether oxygens (including phenoxy) is 5. The zero-order chi connectivity index (χ0) is 26.4. The molecule has 0 N–H and O–H groups in total. The van der Waals surface area contributed by atoms with Crippen molar-refractivity contribution in [3.63, 3.8) is 0 Å². The van der Waals surface area contributed by atoms with Crippen molar-refractivity contribution in [1.29, 1.82) is 0 Å². The molecular weight excluding hydrogens is 476 g/mol. The number of amides is 2. The van der Waals surface area contributed by atoms with Gasteiger partial charge in [-0.15, -0.1) is 0 Å². The quantitative estimate of drug-likeness (QED) is 0.400. The van der Waals surface area contributed by atoms with E-state index in [1.165, 1.54) is 9.80 Å². The molecule has 200 valence electrons. The molecule has 4 atom stereocenters. The second-order valence-corrected chi connectivity index (χ2v) is 9.72. The molecule has 2 aromatic carbocycles. The van der Waals surface area contributed by atoms with Gasteiger partial charge in [0.2, 0.25) is 0 Å². The maximum atomic E-state index is 11.6. The summed E-state index contributed by atoms with van der Waals surface area (Å²) in [6.07, 6.45) is 0.211. The average Bonchev–Trinajstić information content (AvgIpc) is 3.80. The fraction of sp³-hybridized carbons (Fsp3) is 0.500. The lowest BCUT2D eigenvalue weighted by Gasteiger charge is -2.24. The average molecular weight is 513 g/mol. The Morgan fingerprint density at radius 1 is 0.730 bits per heavy atom. The first-order chi connectivity index (χ1) is 17.8. The van der Waals surface area contributed by atoms with Crippen molar-refractivity contribution in [2.24, 2.45) is 0 Å². The fourth-order valence-electron chi connectivity index (χ4n) is 3.90. The normalized spacial score (nSPS) is 19.5. The highest BCUT2D eigenvalue weighted by Crippen LogP contribution is 2.40. The van der Waals surface area contributed by atoms with Crippen LogP contribution < -0.4 is 0 Å². The van der Waals surface area contributed by atoms with Gasteiger partial charge in [0.05, 0.1) is 26.4 Å². The van der Waals surface area contributed by atoms with Crippen molar-refractivity contribution < 1.29 is 33.3 Å². The Balaban J connectivity index is 1.35. The van der Waals surface area contributed by atoms with Crippen molar-refractivity contribution in [3.8, 4) is 0 Å². The SMILES string of the molecule is CN(C)C(=O)OCCc1ccc(C(OC(c2ccc(CCOC(=O)N(C)C)cc2)C2CO2)C2CO2)cc1. The molecule has 0 spiro atoms. The van der Waals surface area contributed by atoms with Crippen LogP contribution in [-0.4, -0.2) is 88.8 Å². The Morgan fingerprint density at radius 2 is 1.08 bits per heavy atom. The number of benzene rings is 2. The molecule has 2 aromatic rings. The number of nitrogens with zero attached hydrogens (tertiary/aromatic N) is 2. The Kier molecular flexibility index (Phi) is 9.02. The van der Waals surface area contributed by atoms with Gasteiger partial charge in [-0.3, -0.25) is 0 Å². The van der Waals surface area contributed by atoms with Crippen molar-refractivity contribution in [2.75, 3.05) is 54.6 Å². The molecule has 0 radical (unpaired) electrons. The van der Waals surface area contributed by atoms with Crippen molar-refractivity contribution in [2.45, 2.75) is 37.3 Å². The van der Waals surface area contributed by atoms with E-state index >= 15 is 0 Å². The second kappa shape index (κ2) is 12.4. The first-order valence-corrected chi connectivity index (χ1v) is 12.6. The highest BCUT2D eigenvalue weighted by Gasteiger charge is 2.42. The second-order valence-electron chi connectivity index (χ2n) is 9.72. The number of carbonyl (C=O) groups excluding carboxylic acids is 2. The van der Waals surface area contributed by atoms with E-state index in [9.17, 15) is 9.59 Å². The summed E-state index contributed by atoms with van der Waals surface area (Å²) in [4.78, 5) is 26.0. The summed E-state index contributed by atoms with van der Waals surface area (Å²) in [7, 11) is 6.66. The number of epoxide rings is 2. The molecule has 0 bridgehead atoms. The predicted molar refractivity (Wildman–Crippen MR) is 136 cm³/mol. The first-order valence-electron chi connectivity index (χ1n) is 12.6.